The first-order chi connectivity index (χ1) is 13.0. The predicted octanol–water partition coefficient (Wildman–Crippen LogP) is 3.07. The molecule has 0 N–H and O–H groups in total. The number of rotatable bonds is 3. The number of hydrogen-bond acceptors (Lipinski definition) is 5. The fraction of sp³-hybridized carbons (Fsp3) is 0.0526. The van der Waals surface area contributed by atoms with E-state index in [1.807, 2.05) is 42.5 Å². The smallest absolute Gasteiger partial charge is 0.266 e. The standard InChI is InChI=1S/C19H11BrClN3O2S/c20-13-6-3-4-11(8-13)9-16-18(26)24-19(27-16)22-17(25)15(23-24)10-12-5-1-2-7-14(12)21/h1-9H,10H2/b16-9-. The SMILES string of the molecule is O=c1nc2s/c(=C\c3cccc(Br)c3)c(=O)n2nc1Cc1ccccc1Cl. The summed E-state index contributed by atoms with van der Waals surface area (Å²) in [5, 5.41) is 4.78. The van der Waals surface area contributed by atoms with Gasteiger partial charge in [-0.2, -0.15) is 14.6 Å². The second kappa shape index (κ2) is 7.34. The molecule has 4 aromatic rings. The maximum atomic E-state index is 12.7. The zero-order valence-corrected chi connectivity index (χ0v) is 16.9. The van der Waals surface area contributed by atoms with E-state index in [4.69, 9.17) is 11.6 Å². The van der Waals surface area contributed by atoms with E-state index in [2.05, 4.69) is 26.0 Å². The predicted molar refractivity (Wildman–Crippen MR) is 111 cm³/mol. The van der Waals surface area contributed by atoms with Gasteiger partial charge in [-0.1, -0.05) is 69.2 Å². The monoisotopic (exact) mass is 459 g/mol. The first kappa shape index (κ1) is 18.0. The average molecular weight is 461 g/mol. The summed E-state index contributed by atoms with van der Waals surface area (Å²) in [4.78, 5) is 29.3. The summed E-state index contributed by atoms with van der Waals surface area (Å²) in [6.07, 6.45) is 1.97. The van der Waals surface area contributed by atoms with E-state index in [1.54, 1.807) is 12.1 Å². The molecule has 0 saturated heterocycles. The molecule has 0 spiro atoms. The van der Waals surface area contributed by atoms with Gasteiger partial charge in [-0.05, 0) is 35.4 Å². The van der Waals surface area contributed by atoms with Gasteiger partial charge in [-0.3, -0.25) is 9.59 Å². The van der Waals surface area contributed by atoms with E-state index in [0.717, 1.165) is 26.9 Å². The number of thiazole rings is 1. The molecular weight excluding hydrogens is 450 g/mol. The van der Waals surface area contributed by atoms with Crippen molar-refractivity contribution < 1.29 is 0 Å². The number of aromatic nitrogens is 3. The fourth-order valence-corrected chi connectivity index (χ4v) is 4.15. The van der Waals surface area contributed by atoms with Gasteiger partial charge in [0.25, 0.3) is 11.1 Å². The first-order valence-electron chi connectivity index (χ1n) is 7.95. The molecule has 0 radical (unpaired) electrons. The molecule has 5 nitrogen and oxygen atoms in total. The highest BCUT2D eigenvalue weighted by atomic mass is 79.9. The van der Waals surface area contributed by atoms with Crippen LogP contribution in [-0.2, 0) is 6.42 Å². The molecular formula is C19H11BrClN3O2S. The van der Waals surface area contributed by atoms with Crippen LogP contribution in [0, 0.1) is 0 Å². The molecule has 2 aromatic heterocycles. The van der Waals surface area contributed by atoms with Crippen LogP contribution in [0.5, 0.6) is 0 Å². The summed E-state index contributed by atoms with van der Waals surface area (Å²) in [7, 11) is 0. The molecule has 0 aliphatic heterocycles. The highest BCUT2D eigenvalue weighted by Crippen LogP contribution is 2.17. The van der Waals surface area contributed by atoms with Crippen LogP contribution in [0.3, 0.4) is 0 Å². The summed E-state index contributed by atoms with van der Waals surface area (Å²) < 4.78 is 2.56. The van der Waals surface area contributed by atoms with Gasteiger partial charge in [0, 0.05) is 15.9 Å². The van der Waals surface area contributed by atoms with E-state index in [9.17, 15) is 9.59 Å². The molecule has 0 bridgehead atoms. The van der Waals surface area contributed by atoms with E-state index in [1.165, 1.54) is 4.52 Å². The lowest BCUT2D eigenvalue weighted by Crippen LogP contribution is -2.28. The Morgan fingerprint density at radius 2 is 1.96 bits per heavy atom. The number of benzene rings is 2. The number of nitrogens with zero attached hydrogens (tertiary/aromatic N) is 3. The average Bonchev–Trinajstić information content (AvgIpc) is 2.92. The molecule has 0 unspecified atom stereocenters. The Labute approximate surface area is 170 Å². The molecule has 0 saturated carbocycles. The van der Waals surface area contributed by atoms with Crippen molar-refractivity contribution in [2.75, 3.05) is 0 Å². The third-order valence-electron chi connectivity index (χ3n) is 3.91. The van der Waals surface area contributed by atoms with Crippen molar-refractivity contribution in [1.82, 2.24) is 14.6 Å². The topological polar surface area (TPSA) is 64.3 Å². The molecule has 27 heavy (non-hydrogen) atoms. The summed E-state index contributed by atoms with van der Waals surface area (Å²) in [6, 6.07) is 14.8. The highest BCUT2D eigenvalue weighted by Gasteiger charge is 2.12. The van der Waals surface area contributed by atoms with E-state index in [-0.39, 0.29) is 22.6 Å². The fourth-order valence-electron chi connectivity index (χ4n) is 2.62. The lowest BCUT2D eigenvalue weighted by atomic mass is 10.1. The van der Waals surface area contributed by atoms with Gasteiger partial charge >= 0.3 is 0 Å². The van der Waals surface area contributed by atoms with Crippen LogP contribution in [0.4, 0.5) is 0 Å². The van der Waals surface area contributed by atoms with Crippen LogP contribution >= 0.6 is 38.9 Å². The van der Waals surface area contributed by atoms with Crippen LogP contribution in [0.1, 0.15) is 16.8 Å². The maximum absolute atomic E-state index is 12.7. The summed E-state index contributed by atoms with van der Waals surface area (Å²) in [5.74, 6) is 0. The van der Waals surface area contributed by atoms with Gasteiger partial charge in [-0.25, -0.2) is 0 Å². The normalized spacial score (nSPS) is 12.0. The Bertz CT molecular complexity index is 1330. The first-order valence-corrected chi connectivity index (χ1v) is 9.93. The minimum absolute atomic E-state index is 0.185. The van der Waals surface area contributed by atoms with Crippen molar-refractivity contribution in [1.29, 1.82) is 0 Å². The van der Waals surface area contributed by atoms with Crippen LogP contribution in [-0.4, -0.2) is 14.6 Å². The lowest BCUT2D eigenvalue weighted by molar-refractivity contribution is 0.811. The van der Waals surface area contributed by atoms with Gasteiger partial charge in [0.1, 0.15) is 5.69 Å². The van der Waals surface area contributed by atoms with E-state index in [0.29, 0.717) is 9.55 Å². The lowest BCUT2D eigenvalue weighted by Gasteiger charge is -2.02. The molecule has 0 aliphatic carbocycles. The Hall–Kier alpha value is -2.35. The van der Waals surface area contributed by atoms with Gasteiger partial charge < -0.3 is 0 Å². The Morgan fingerprint density at radius 3 is 2.74 bits per heavy atom. The van der Waals surface area contributed by atoms with Crippen LogP contribution in [0.15, 0.2) is 62.6 Å². The van der Waals surface area contributed by atoms with Gasteiger partial charge in [0.2, 0.25) is 4.96 Å². The minimum Gasteiger partial charge on any atom is -0.266 e. The Balaban J connectivity index is 1.83. The molecule has 0 atom stereocenters. The van der Waals surface area contributed by atoms with Gasteiger partial charge in [0.05, 0.1) is 4.53 Å². The summed E-state index contributed by atoms with van der Waals surface area (Å²) >= 11 is 10.7. The van der Waals surface area contributed by atoms with Gasteiger partial charge in [-0.15, -0.1) is 0 Å². The second-order valence-electron chi connectivity index (χ2n) is 5.80. The molecule has 134 valence electrons. The molecule has 2 heterocycles. The summed E-state index contributed by atoms with van der Waals surface area (Å²) in [5.41, 5.74) is 1.05. The largest absolute Gasteiger partial charge is 0.296 e. The molecule has 8 heteroatoms. The van der Waals surface area contributed by atoms with Crippen molar-refractivity contribution in [2.45, 2.75) is 6.42 Å². The molecule has 2 aromatic carbocycles. The maximum Gasteiger partial charge on any atom is 0.296 e. The zero-order chi connectivity index (χ0) is 19.0. The summed E-state index contributed by atoms with van der Waals surface area (Å²) in [6.45, 7) is 0. The number of fused-ring (bicyclic) bond motifs is 1. The van der Waals surface area contributed by atoms with Crippen LogP contribution in [0.2, 0.25) is 5.02 Å². The second-order valence-corrected chi connectivity index (χ2v) is 8.13. The van der Waals surface area contributed by atoms with Crippen molar-refractivity contribution in [3.05, 3.63) is 100 Å². The molecule has 0 aliphatic rings. The van der Waals surface area contributed by atoms with Crippen LogP contribution < -0.4 is 15.7 Å². The van der Waals surface area contributed by atoms with Crippen molar-refractivity contribution >= 4 is 49.9 Å². The minimum atomic E-state index is -0.454. The number of hydrogen-bond donors (Lipinski definition) is 0. The Morgan fingerprint density at radius 1 is 1.15 bits per heavy atom. The van der Waals surface area contributed by atoms with E-state index < -0.39 is 5.56 Å². The van der Waals surface area contributed by atoms with Crippen molar-refractivity contribution in [2.24, 2.45) is 0 Å². The van der Waals surface area contributed by atoms with E-state index >= 15 is 0 Å². The third kappa shape index (κ3) is 3.71. The van der Waals surface area contributed by atoms with Crippen LogP contribution in [0.25, 0.3) is 11.0 Å². The quantitative estimate of drug-likeness (QED) is 0.471. The van der Waals surface area contributed by atoms with Crippen molar-refractivity contribution in [3.63, 3.8) is 0 Å². The molecule has 0 fully saturated rings. The van der Waals surface area contributed by atoms with Gasteiger partial charge in [0.15, 0.2) is 0 Å². The third-order valence-corrected chi connectivity index (χ3v) is 5.73. The molecule has 0 amide bonds. The molecule has 4 rings (SSSR count). The highest BCUT2D eigenvalue weighted by molar-refractivity contribution is 9.10. The zero-order valence-electron chi connectivity index (χ0n) is 13.7. The van der Waals surface area contributed by atoms with Crippen molar-refractivity contribution in [3.8, 4) is 0 Å². The Kier molecular flexibility index (Phi) is 4.90. The number of halogens is 2.